The topological polar surface area (TPSA) is 176 Å². The van der Waals surface area contributed by atoms with Crippen LogP contribution in [0.3, 0.4) is 0 Å². The number of nitrogens with zero attached hydrogens (tertiary/aromatic N) is 1. The van der Waals surface area contributed by atoms with E-state index in [9.17, 15) is 31.3 Å². The van der Waals surface area contributed by atoms with E-state index in [0.29, 0.717) is 0 Å². The molecule has 0 bridgehead atoms. The second-order valence-electron chi connectivity index (χ2n) is 11.8. The van der Waals surface area contributed by atoms with E-state index in [1.54, 1.807) is 0 Å². The Hall–Kier alpha value is -0.500. The normalized spacial score (nSPS) is 12.2. The molecule has 0 unspecified atom stereocenters. The average Bonchev–Trinajstić information content (AvgIpc) is 2.98. The van der Waals surface area contributed by atoms with Gasteiger partial charge in [-0.15, -0.1) is 0 Å². The first-order valence-electron chi connectivity index (χ1n) is 17.6. The third-order valence-corrected chi connectivity index (χ3v) is 8.77. The maximum absolute atomic E-state index is 11.4. The van der Waals surface area contributed by atoms with E-state index in [1.807, 2.05) is 12.2 Å². The molecule has 0 saturated heterocycles. The fraction of sp³-hybridized carbons (Fsp3) is 0.824. The molecule has 0 saturated carbocycles. The summed E-state index contributed by atoms with van der Waals surface area (Å²) >= 11 is 0. The number of hydrogen-bond acceptors (Lipinski definition) is 8. The molecule has 0 heterocycles. The van der Waals surface area contributed by atoms with Gasteiger partial charge in [0.1, 0.15) is 0 Å². The summed E-state index contributed by atoms with van der Waals surface area (Å²) in [6.45, 7) is 4.79. The largest absolute Gasteiger partial charge is 2.00 e. The van der Waals surface area contributed by atoms with Gasteiger partial charge in [0.05, 0.1) is 15.9 Å². The van der Waals surface area contributed by atoms with Crippen molar-refractivity contribution in [3.8, 4) is 0 Å². The molecule has 2 N–H and O–H groups in total. The van der Waals surface area contributed by atoms with Gasteiger partial charge < -0.3 is 20.0 Å². The van der Waals surface area contributed by atoms with Crippen LogP contribution in [0.5, 0.6) is 0 Å². The predicted molar refractivity (Wildman–Crippen MR) is 193 cm³/mol. The van der Waals surface area contributed by atoms with Gasteiger partial charge in [0.2, 0.25) is 5.91 Å². The minimum atomic E-state index is -4.20. The van der Waals surface area contributed by atoms with Crippen molar-refractivity contribution in [3.05, 3.63) is 24.3 Å². The van der Waals surface area contributed by atoms with E-state index in [2.05, 4.69) is 24.2 Å². The van der Waals surface area contributed by atoms with E-state index in [1.165, 1.54) is 115 Å². The van der Waals surface area contributed by atoms with Crippen LogP contribution in [0.15, 0.2) is 29.3 Å². The molecule has 1 amide bonds. The van der Waals surface area contributed by atoms with Crippen LogP contribution < -0.4 is 10.4 Å². The predicted octanol–water partition coefficient (Wildman–Crippen LogP) is 6.63. The van der Waals surface area contributed by atoms with Crippen molar-refractivity contribution < 1.29 is 35.8 Å². The number of aliphatic imine (C=N–C) groups is 1. The van der Waals surface area contributed by atoms with Crippen LogP contribution in [0.25, 0.3) is 0 Å². The summed E-state index contributed by atoms with van der Waals surface area (Å²) in [5, 5.41) is 13.9. The second-order valence-corrected chi connectivity index (χ2v) is 14.9. The fourth-order valence-corrected chi connectivity index (χ4v) is 5.52. The van der Waals surface area contributed by atoms with Crippen molar-refractivity contribution in [2.45, 2.75) is 155 Å². The summed E-state index contributed by atoms with van der Waals surface area (Å²) in [7, 11) is -8.13. The van der Waals surface area contributed by atoms with E-state index in [4.69, 9.17) is 4.55 Å². The number of unbranched alkanes of at least 4 members (excludes halogenated alkanes) is 18. The van der Waals surface area contributed by atoms with Crippen molar-refractivity contribution in [2.24, 2.45) is 4.99 Å². The zero-order chi connectivity index (χ0) is 34.8. The summed E-state index contributed by atoms with van der Waals surface area (Å²) in [6, 6.07) is 0. The quantitative estimate of drug-likeness (QED) is 0.0206. The van der Waals surface area contributed by atoms with Crippen LogP contribution in [-0.4, -0.2) is 100 Å². The monoisotopic (exact) mass is 732 g/mol. The number of rotatable bonds is 30. The zero-order valence-electron chi connectivity index (χ0n) is 29.5. The Bertz CT molecular complexity index is 1020. The van der Waals surface area contributed by atoms with Crippen LogP contribution in [0.4, 0.5) is 0 Å². The molecule has 0 aromatic heterocycles. The van der Waals surface area contributed by atoms with Gasteiger partial charge in [-0.25, -0.2) is 8.42 Å². The molecule has 47 heavy (non-hydrogen) atoms. The van der Waals surface area contributed by atoms with Gasteiger partial charge in [-0.2, -0.15) is 8.42 Å². The Labute approximate surface area is 317 Å². The summed E-state index contributed by atoms with van der Waals surface area (Å²) in [5.41, 5.74) is 0. The van der Waals surface area contributed by atoms with Crippen LogP contribution in [-0.2, 0) is 25.0 Å². The summed E-state index contributed by atoms with van der Waals surface area (Å²) in [4.78, 5) is 15.1. The molecule has 0 aliphatic carbocycles. The van der Waals surface area contributed by atoms with Gasteiger partial charge in [-0.3, -0.25) is 9.35 Å². The molecule has 0 atom stereocenters. The van der Waals surface area contributed by atoms with E-state index in [0.717, 1.165) is 25.7 Å². The van der Waals surface area contributed by atoms with Gasteiger partial charge in [-0.1, -0.05) is 135 Å². The molecule has 13 heteroatoms. The molecule has 0 rings (SSSR count). The Morgan fingerprint density at radius 2 is 1.09 bits per heavy atom. The minimum absolute atomic E-state index is 0. The first kappa shape index (κ1) is 50.9. The molecule has 0 aliphatic rings. The average molecular weight is 733 g/mol. The molecular formula is C34H64CaN2O8S2. The number of allylic oxidation sites excluding steroid dienone is 2. The molecule has 0 aliphatic heterocycles. The van der Waals surface area contributed by atoms with Crippen molar-refractivity contribution in [3.63, 3.8) is 0 Å². The Morgan fingerprint density at radius 1 is 0.660 bits per heavy atom. The first-order valence-corrected chi connectivity index (χ1v) is 20.8. The molecule has 0 spiro atoms. The SMILES string of the molecule is CCCCCCCCCCC/C=C/C(=O)NCCCS(=O)(=O)O.CCCCCCCCCCC/C=C/C([O-])=NCCCS(=O)(=O)[O-].[Ca+2]. The number of hydrogen-bond donors (Lipinski definition) is 2. The molecular weight excluding hydrogens is 669 g/mol. The number of carbonyl (C=O) groups excluding carboxylic acids is 1. The second kappa shape index (κ2) is 36.8. The standard InChI is InChI=1S/2C17H33NO4S.Ca/c2*1-2-3-4-5-6-7-8-9-10-11-12-14-17(19)18-15-13-16-23(20,21)22;/h2*12,14H,2-11,13,15-16H2,1H3,(H,18,19)(H,20,21,22);/q;;+2/p-2/b2*14-12+;. The number of carbonyl (C=O) groups is 1. The van der Waals surface area contributed by atoms with Crippen LogP contribution in [0.2, 0.25) is 0 Å². The van der Waals surface area contributed by atoms with E-state index >= 15 is 0 Å². The molecule has 0 aromatic rings. The van der Waals surface area contributed by atoms with Crippen LogP contribution >= 0.6 is 0 Å². The molecule has 0 radical (unpaired) electrons. The number of amides is 1. The fourth-order valence-electron chi connectivity index (χ4n) is 4.53. The van der Waals surface area contributed by atoms with Gasteiger partial charge in [-0.05, 0) is 50.5 Å². The summed E-state index contributed by atoms with van der Waals surface area (Å²) < 4.78 is 60.6. The smallest absolute Gasteiger partial charge is 0.859 e. The minimum Gasteiger partial charge on any atom is -0.859 e. The van der Waals surface area contributed by atoms with Crippen LogP contribution in [0, 0.1) is 0 Å². The van der Waals surface area contributed by atoms with Gasteiger partial charge in [0.15, 0.2) is 0 Å². The maximum atomic E-state index is 11.4. The molecule has 10 nitrogen and oxygen atoms in total. The maximum Gasteiger partial charge on any atom is 2.00 e. The Balaban J connectivity index is -0.000000807. The third-order valence-electron chi connectivity index (χ3n) is 7.18. The van der Waals surface area contributed by atoms with Crippen molar-refractivity contribution in [2.75, 3.05) is 24.6 Å². The van der Waals surface area contributed by atoms with E-state index in [-0.39, 0.29) is 81.2 Å². The number of nitrogens with one attached hydrogen (secondary N) is 1. The van der Waals surface area contributed by atoms with Crippen molar-refractivity contribution in [1.82, 2.24) is 5.32 Å². The summed E-state index contributed by atoms with van der Waals surface area (Å²) in [6.07, 6.45) is 31.7. The van der Waals surface area contributed by atoms with Crippen LogP contribution in [0.1, 0.15) is 155 Å². The van der Waals surface area contributed by atoms with Crippen molar-refractivity contribution >= 4 is 69.8 Å². The zero-order valence-corrected chi connectivity index (χ0v) is 33.3. The summed E-state index contributed by atoms with van der Waals surface area (Å²) in [5.74, 6) is -1.36. The Morgan fingerprint density at radius 3 is 1.51 bits per heavy atom. The van der Waals surface area contributed by atoms with Gasteiger partial charge in [0.25, 0.3) is 10.1 Å². The third kappa shape index (κ3) is 50.0. The Kier molecular flexibility index (Phi) is 39.8. The first-order chi connectivity index (χ1) is 21.9. The van der Waals surface area contributed by atoms with Gasteiger partial charge in [0, 0.05) is 18.8 Å². The van der Waals surface area contributed by atoms with Gasteiger partial charge >= 0.3 is 37.7 Å². The van der Waals surface area contributed by atoms with E-state index < -0.39 is 26.0 Å². The molecule has 272 valence electrons. The van der Waals surface area contributed by atoms with Crippen molar-refractivity contribution in [1.29, 1.82) is 0 Å². The molecule has 0 fully saturated rings. The molecule has 0 aromatic carbocycles.